The van der Waals surface area contributed by atoms with E-state index in [-0.39, 0.29) is 0 Å². The summed E-state index contributed by atoms with van der Waals surface area (Å²) in [7, 11) is 0. The fourth-order valence-corrected chi connectivity index (χ4v) is 3.67. The average molecular weight is 237 g/mol. The Balaban J connectivity index is 2.06. The van der Waals surface area contributed by atoms with Crippen LogP contribution in [0, 0.1) is 5.92 Å². The van der Waals surface area contributed by atoms with Gasteiger partial charge in [0.1, 0.15) is 0 Å². The predicted molar refractivity (Wildman–Crippen MR) is 72.0 cm³/mol. The summed E-state index contributed by atoms with van der Waals surface area (Å²) in [6.45, 7) is 8.81. The molecule has 2 heterocycles. The Bertz CT molecular complexity index is 295. The van der Waals surface area contributed by atoms with Crippen LogP contribution in [0.3, 0.4) is 0 Å². The lowest BCUT2D eigenvalue weighted by Gasteiger charge is -2.43. The van der Waals surface area contributed by atoms with Gasteiger partial charge >= 0.3 is 0 Å². The van der Waals surface area contributed by atoms with Crippen molar-refractivity contribution >= 4 is 0 Å². The summed E-state index contributed by atoms with van der Waals surface area (Å²) in [6.07, 6.45) is 8.21. The maximum atomic E-state index is 10.6. The van der Waals surface area contributed by atoms with Crippen LogP contribution in [0.15, 0.2) is 11.6 Å². The molecule has 0 saturated carbocycles. The summed E-state index contributed by atoms with van der Waals surface area (Å²) < 4.78 is 0. The SMILES string of the molecule is CCCC(C)/C=C1\CN2CCCC2C(C)(O)C1. The van der Waals surface area contributed by atoms with E-state index in [0.29, 0.717) is 12.0 Å². The van der Waals surface area contributed by atoms with E-state index in [1.54, 1.807) is 0 Å². The van der Waals surface area contributed by atoms with Crippen LogP contribution in [0.25, 0.3) is 0 Å². The maximum Gasteiger partial charge on any atom is 0.0811 e. The van der Waals surface area contributed by atoms with Crippen molar-refractivity contribution in [2.45, 2.75) is 64.5 Å². The Kier molecular flexibility index (Phi) is 3.94. The molecule has 2 nitrogen and oxygen atoms in total. The molecule has 0 aromatic carbocycles. The lowest BCUT2D eigenvalue weighted by molar-refractivity contribution is -0.0330. The Morgan fingerprint density at radius 3 is 3.06 bits per heavy atom. The monoisotopic (exact) mass is 237 g/mol. The third-order valence-electron chi connectivity index (χ3n) is 4.34. The van der Waals surface area contributed by atoms with Gasteiger partial charge in [-0.15, -0.1) is 0 Å². The Morgan fingerprint density at radius 2 is 2.35 bits per heavy atom. The van der Waals surface area contributed by atoms with E-state index in [0.717, 1.165) is 13.0 Å². The van der Waals surface area contributed by atoms with Gasteiger partial charge < -0.3 is 5.11 Å². The number of aliphatic hydroxyl groups is 1. The number of hydrogen-bond acceptors (Lipinski definition) is 2. The molecular formula is C15H27NO. The third kappa shape index (κ3) is 2.92. The third-order valence-corrected chi connectivity index (χ3v) is 4.34. The van der Waals surface area contributed by atoms with Gasteiger partial charge in [0.05, 0.1) is 5.60 Å². The van der Waals surface area contributed by atoms with Crippen molar-refractivity contribution in [2.24, 2.45) is 5.92 Å². The molecule has 0 amide bonds. The van der Waals surface area contributed by atoms with Crippen molar-refractivity contribution in [2.75, 3.05) is 13.1 Å². The summed E-state index contributed by atoms with van der Waals surface area (Å²) in [5.41, 5.74) is 0.945. The minimum atomic E-state index is -0.507. The van der Waals surface area contributed by atoms with Gasteiger partial charge in [0.25, 0.3) is 0 Å². The van der Waals surface area contributed by atoms with Crippen LogP contribution in [0.2, 0.25) is 0 Å². The van der Waals surface area contributed by atoms with Crippen molar-refractivity contribution in [3.8, 4) is 0 Å². The second-order valence-electron chi connectivity index (χ2n) is 6.25. The second-order valence-corrected chi connectivity index (χ2v) is 6.25. The van der Waals surface area contributed by atoms with Crippen LogP contribution >= 0.6 is 0 Å². The molecule has 2 fully saturated rings. The number of hydrogen-bond donors (Lipinski definition) is 1. The van der Waals surface area contributed by atoms with Gasteiger partial charge in [0.15, 0.2) is 0 Å². The number of fused-ring (bicyclic) bond motifs is 1. The highest BCUT2D eigenvalue weighted by molar-refractivity contribution is 5.17. The highest BCUT2D eigenvalue weighted by Crippen LogP contribution is 2.37. The summed E-state index contributed by atoms with van der Waals surface area (Å²) in [4.78, 5) is 2.48. The molecule has 0 aromatic rings. The van der Waals surface area contributed by atoms with Crippen molar-refractivity contribution in [3.63, 3.8) is 0 Å². The van der Waals surface area contributed by atoms with Crippen LogP contribution in [0.5, 0.6) is 0 Å². The zero-order valence-corrected chi connectivity index (χ0v) is 11.6. The summed E-state index contributed by atoms with van der Waals surface area (Å²) in [6, 6.07) is 0.404. The molecule has 2 heteroatoms. The van der Waals surface area contributed by atoms with E-state index in [1.807, 2.05) is 6.92 Å². The van der Waals surface area contributed by atoms with Gasteiger partial charge in [-0.3, -0.25) is 4.90 Å². The lowest BCUT2D eigenvalue weighted by atomic mass is 9.82. The van der Waals surface area contributed by atoms with Gasteiger partial charge in [-0.2, -0.15) is 0 Å². The maximum absolute atomic E-state index is 10.6. The van der Waals surface area contributed by atoms with Crippen LogP contribution in [0.4, 0.5) is 0 Å². The molecule has 98 valence electrons. The number of piperidine rings is 1. The van der Waals surface area contributed by atoms with Crippen LogP contribution in [-0.2, 0) is 0 Å². The molecule has 3 atom stereocenters. The van der Waals surface area contributed by atoms with E-state index in [1.165, 1.54) is 37.8 Å². The quantitative estimate of drug-likeness (QED) is 0.763. The van der Waals surface area contributed by atoms with E-state index in [4.69, 9.17) is 0 Å². The highest BCUT2D eigenvalue weighted by Gasteiger charge is 2.43. The number of allylic oxidation sites excluding steroid dienone is 1. The van der Waals surface area contributed by atoms with E-state index in [9.17, 15) is 5.11 Å². The molecule has 0 spiro atoms. The Hall–Kier alpha value is -0.340. The average Bonchev–Trinajstić information content (AvgIpc) is 2.65. The zero-order chi connectivity index (χ0) is 12.5. The van der Waals surface area contributed by atoms with Gasteiger partial charge in [-0.25, -0.2) is 0 Å². The smallest absolute Gasteiger partial charge is 0.0811 e. The molecule has 2 aliphatic heterocycles. The van der Waals surface area contributed by atoms with Gasteiger partial charge in [-0.1, -0.05) is 31.9 Å². The molecule has 0 aliphatic carbocycles. The van der Waals surface area contributed by atoms with Gasteiger partial charge in [-0.05, 0) is 45.1 Å². The minimum absolute atomic E-state index is 0.404. The first-order chi connectivity index (χ1) is 8.03. The molecule has 0 aromatic heterocycles. The van der Waals surface area contributed by atoms with Gasteiger partial charge in [0.2, 0.25) is 0 Å². The van der Waals surface area contributed by atoms with Crippen molar-refractivity contribution < 1.29 is 5.11 Å². The molecule has 1 N–H and O–H groups in total. The normalized spacial score (nSPS) is 38.4. The van der Waals surface area contributed by atoms with Crippen molar-refractivity contribution in [1.82, 2.24) is 4.90 Å². The summed E-state index contributed by atoms with van der Waals surface area (Å²) >= 11 is 0. The van der Waals surface area contributed by atoms with Crippen LogP contribution in [0.1, 0.15) is 52.9 Å². The summed E-state index contributed by atoms with van der Waals surface area (Å²) in [5.74, 6) is 0.657. The van der Waals surface area contributed by atoms with Gasteiger partial charge in [0, 0.05) is 12.6 Å². The molecule has 2 rings (SSSR count). The zero-order valence-electron chi connectivity index (χ0n) is 11.6. The van der Waals surface area contributed by atoms with E-state index < -0.39 is 5.60 Å². The number of nitrogens with zero attached hydrogens (tertiary/aromatic N) is 1. The summed E-state index contributed by atoms with van der Waals surface area (Å²) in [5, 5.41) is 10.6. The van der Waals surface area contributed by atoms with Crippen LogP contribution in [-0.4, -0.2) is 34.7 Å². The first-order valence-electron chi connectivity index (χ1n) is 7.19. The molecule has 3 unspecified atom stereocenters. The highest BCUT2D eigenvalue weighted by atomic mass is 16.3. The molecular weight excluding hydrogens is 210 g/mol. The van der Waals surface area contributed by atoms with Crippen molar-refractivity contribution in [3.05, 3.63) is 11.6 Å². The second kappa shape index (κ2) is 5.11. The number of rotatable bonds is 3. The van der Waals surface area contributed by atoms with E-state index >= 15 is 0 Å². The fourth-order valence-electron chi connectivity index (χ4n) is 3.67. The lowest BCUT2D eigenvalue weighted by Crippen LogP contribution is -2.52. The van der Waals surface area contributed by atoms with E-state index in [2.05, 4.69) is 24.8 Å². The Morgan fingerprint density at radius 1 is 1.59 bits per heavy atom. The van der Waals surface area contributed by atoms with Crippen molar-refractivity contribution in [1.29, 1.82) is 0 Å². The Labute approximate surface area is 106 Å². The molecule has 0 radical (unpaired) electrons. The van der Waals surface area contributed by atoms with Crippen LogP contribution < -0.4 is 0 Å². The fraction of sp³-hybridized carbons (Fsp3) is 0.867. The molecule has 17 heavy (non-hydrogen) atoms. The largest absolute Gasteiger partial charge is 0.388 e. The predicted octanol–water partition coefficient (Wildman–Crippen LogP) is 2.97. The molecule has 0 bridgehead atoms. The first-order valence-corrected chi connectivity index (χ1v) is 7.19. The molecule has 2 aliphatic rings. The standard InChI is InChI=1S/C15H27NO/c1-4-6-12(2)9-13-10-15(3,17)14-7-5-8-16(14)11-13/h9,12,14,17H,4-8,10-11H2,1-3H3/b13-9-. The first kappa shape index (κ1) is 13.1. The topological polar surface area (TPSA) is 23.5 Å². The molecule has 2 saturated heterocycles. The minimum Gasteiger partial charge on any atom is -0.388 e.